The quantitative estimate of drug-likeness (QED) is 0.0973. The summed E-state index contributed by atoms with van der Waals surface area (Å²) in [5.41, 5.74) is 0.614. The minimum absolute atomic E-state index is 0.0228. The normalized spacial score (nSPS) is 11.2. The van der Waals surface area contributed by atoms with Crippen molar-refractivity contribution in [1.82, 2.24) is 0 Å². The zero-order valence-electron chi connectivity index (χ0n) is 20.8. The van der Waals surface area contributed by atoms with Gasteiger partial charge in [-0.2, -0.15) is 0 Å². The minimum atomic E-state index is -0.0228. The first-order valence-electron chi connectivity index (χ1n) is 12.9. The molecule has 0 heterocycles. The number of hydrogen-bond donors (Lipinski definition) is 4. The number of rotatable bonds is 17. The van der Waals surface area contributed by atoms with Gasteiger partial charge in [0.25, 0.3) is 0 Å². The predicted octanol–water partition coefficient (Wildman–Crippen LogP) is 9.08. The lowest BCUT2D eigenvalue weighted by Crippen LogP contribution is -1.88. The van der Waals surface area contributed by atoms with Gasteiger partial charge in [0.15, 0.2) is 0 Å². The Morgan fingerprint density at radius 3 is 1.21 bits per heavy atom. The lowest BCUT2D eigenvalue weighted by molar-refractivity contribution is 0.444. The van der Waals surface area contributed by atoms with Crippen LogP contribution in [0, 0.1) is 0 Å². The van der Waals surface area contributed by atoms with E-state index < -0.39 is 0 Å². The van der Waals surface area contributed by atoms with Crippen LogP contribution in [0.2, 0.25) is 0 Å². The van der Waals surface area contributed by atoms with Gasteiger partial charge in [-0.25, -0.2) is 0 Å². The van der Waals surface area contributed by atoms with Crippen molar-refractivity contribution in [3.8, 4) is 34.1 Å². The molecule has 0 unspecified atom stereocenters. The van der Waals surface area contributed by atoms with Gasteiger partial charge < -0.3 is 20.4 Å². The number of unbranched alkanes of at least 4 members (excludes halogenated alkanes) is 10. The highest BCUT2D eigenvalue weighted by Gasteiger charge is 2.17. The van der Waals surface area contributed by atoms with Crippen molar-refractivity contribution < 1.29 is 20.4 Å². The molecule has 0 radical (unpaired) electrons. The van der Waals surface area contributed by atoms with Gasteiger partial charge in [0.1, 0.15) is 23.0 Å². The van der Waals surface area contributed by atoms with E-state index in [4.69, 9.17) is 0 Å². The van der Waals surface area contributed by atoms with Crippen LogP contribution in [0.5, 0.6) is 23.0 Å². The number of phenolic OH excluding ortho intramolecular Hbond substituents is 4. The van der Waals surface area contributed by atoms with Crippen LogP contribution in [-0.2, 0) is 0 Å². The number of phenols is 4. The van der Waals surface area contributed by atoms with Crippen molar-refractivity contribution >= 4 is 23.5 Å². The number of aromatic hydroxyl groups is 4. The van der Waals surface area contributed by atoms with E-state index in [0.717, 1.165) is 24.3 Å². The first-order chi connectivity index (χ1) is 16.5. The van der Waals surface area contributed by atoms with E-state index in [1.807, 2.05) is 0 Å². The summed E-state index contributed by atoms with van der Waals surface area (Å²) >= 11 is 3.06. The molecule has 0 spiro atoms. The first-order valence-corrected chi connectivity index (χ1v) is 14.8. The summed E-state index contributed by atoms with van der Waals surface area (Å²) in [7, 11) is 0. The standard InChI is InChI=1S/C28H42O4S2/c1-3-5-7-9-11-13-15-33-27-19-23(29)21(17-25(27)31)22-18-26(32)28(20-24(22)30)34-16-14-12-10-8-6-4-2/h17-20,29-32H,3-16H2,1-2H3. The fourth-order valence-corrected chi connectivity index (χ4v) is 5.85. The van der Waals surface area contributed by atoms with Crippen molar-refractivity contribution in [2.45, 2.75) is 101 Å². The second kappa shape index (κ2) is 16.1. The largest absolute Gasteiger partial charge is 0.507 e. The van der Waals surface area contributed by atoms with Crippen LogP contribution in [-0.4, -0.2) is 31.9 Å². The molecule has 0 amide bonds. The van der Waals surface area contributed by atoms with Gasteiger partial charge in [0, 0.05) is 11.1 Å². The van der Waals surface area contributed by atoms with Gasteiger partial charge in [-0.1, -0.05) is 78.1 Å². The molecule has 0 aliphatic rings. The Morgan fingerprint density at radius 2 is 0.824 bits per heavy atom. The molecule has 4 nitrogen and oxygen atoms in total. The van der Waals surface area contributed by atoms with Crippen molar-refractivity contribution in [3.05, 3.63) is 24.3 Å². The highest BCUT2D eigenvalue weighted by atomic mass is 32.2. The van der Waals surface area contributed by atoms with Crippen molar-refractivity contribution in [3.63, 3.8) is 0 Å². The Balaban J connectivity index is 1.95. The molecule has 0 atom stereocenters. The van der Waals surface area contributed by atoms with E-state index >= 15 is 0 Å². The van der Waals surface area contributed by atoms with E-state index in [2.05, 4.69) is 13.8 Å². The van der Waals surface area contributed by atoms with Crippen LogP contribution in [0.4, 0.5) is 0 Å². The van der Waals surface area contributed by atoms with Crippen LogP contribution in [0.15, 0.2) is 34.1 Å². The Hall–Kier alpha value is -1.66. The predicted molar refractivity (Wildman–Crippen MR) is 147 cm³/mol. The Labute approximate surface area is 214 Å². The molecule has 34 heavy (non-hydrogen) atoms. The van der Waals surface area contributed by atoms with Crippen LogP contribution in [0.1, 0.15) is 90.9 Å². The maximum Gasteiger partial charge on any atom is 0.130 e. The highest BCUT2D eigenvalue weighted by Crippen LogP contribution is 2.45. The summed E-state index contributed by atoms with van der Waals surface area (Å²) in [5.74, 6) is 1.87. The van der Waals surface area contributed by atoms with Crippen molar-refractivity contribution in [2.75, 3.05) is 11.5 Å². The lowest BCUT2D eigenvalue weighted by Gasteiger charge is -2.13. The van der Waals surface area contributed by atoms with E-state index in [0.29, 0.717) is 20.9 Å². The summed E-state index contributed by atoms with van der Waals surface area (Å²) in [4.78, 5) is 1.26. The molecule has 0 saturated carbocycles. The SMILES string of the molecule is CCCCCCCCSc1cc(O)c(-c2cc(O)c(SCCCCCCCC)cc2O)cc1O. The molecule has 6 heteroatoms. The van der Waals surface area contributed by atoms with E-state index in [1.165, 1.54) is 99.9 Å². The smallest absolute Gasteiger partial charge is 0.130 e. The molecular formula is C28H42O4S2. The molecule has 4 N–H and O–H groups in total. The molecule has 190 valence electrons. The summed E-state index contributed by atoms with van der Waals surface area (Å²) in [6.07, 6.45) is 14.6. The number of benzene rings is 2. The molecule has 0 fully saturated rings. The maximum absolute atomic E-state index is 10.6. The topological polar surface area (TPSA) is 80.9 Å². The highest BCUT2D eigenvalue weighted by molar-refractivity contribution is 7.99. The lowest BCUT2D eigenvalue weighted by atomic mass is 10.0. The van der Waals surface area contributed by atoms with Crippen LogP contribution in [0.3, 0.4) is 0 Å². The Morgan fingerprint density at radius 1 is 0.471 bits per heavy atom. The summed E-state index contributed by atoms with van der Waals surface area (Å²) in [6, 6.07) is 6.03. The summed E-state index contributed by atoms with van der Waals surface area (Å²) in [6.45, 7) is 4.42. The maximum atomic E-state index is 10.6. The zero-order chi connectivity index (χ0) is 24.8. The molecule has 2 rings (SSSR count). The summed E-state index contributed by atoms with van der Waals surface area (Å²) < 4.78 is 0. The van der Waals surface area contributed by atoms with Gasteiger partial charge in [-0.3, -0.25) is 0 Å². The van der Waals surface area contributed by atoms with E-state index in [1.54, 1.807) is 12.1 Å². The third kappa shape index (κ3) is 9.53. The van der Waals surface area contributed by atoms with E-state index in [-0.39, 0.29) is 23.0 Å². The second-order valence-corrected chi connectivity index (χ2v) is 11.2. The van der Waals surface area contributed by atoms with E-state index in [9.17, 15) is 20.4 Å². The van der Waals surface area contributed by atoms with Crippen LogP contribution in [0.25, 0.3) is 11.1 Å². The zero-order valence-corrected chi connectivity index (χ0v) is 22.4. The molecule has 2 aromatic rings. The monoisotopic (exact) mass is 506 g/mol. The number of thioether (sulfide) groups is 2. The van der Waals surface area contributed by atoms with Crippen LogP contribution < -0.4 is 0 Å². The Kier molecular flexibility index (Phi) is 13.5. The third-order valence-corrected chi connectivity index (χ3v) is 8.22. The molecule has 2 aromatic carbocycles. The molecule has 0 saturated heterocycles. The fourth-order valence-electron chi connectivity index (χ4n) is 3.91. The molecule has 0 aliphatic carbocycles. The average Bonchev–Trinajstić information content (AvgIpc) is 2.81. The summed E-state index contributed by atoms with van der Waals surface area (Å²) in [5, 5.41) is 42.2. The van der Waals surface area contributed by atoms with Crippen molar-refractivity contribution in [1.29, 1.82) is 0 Å². The number of hydrogen-bond acceptors (Lipinski definition) is 6. The van der Waals surface area contributed by atoms with Gasteiger partial charge in [-0.15, -0.1) is 23.5 Å². The fraction of sp³-hybridized carbons (Fsp3) is 0.571. The molecular weight excluding hydrogens is 464 g/mol. The molecule has 0 aromatic heterocycles. The third-order valence-electron chi connectivity index (χ3n) is 5.96. The van der Waals surface area contributed by atoms with Gasteiger partial charge in [0.2, 0.25) is 0 Å². The minimum Gasteiger partial charge on any atom is -0.507 e. The van der Waals surface area contributed by atoms with Crippen LogP contribution >= 0.6 is 23.5 Å². The van der Waals surface area contributed by atoms with Gasteiger partial charge in [-0.05, 0) is 48.6 Å². The molecule has 0 bridgehead atoms. The first kappa shape index (κ1) is 28.6. The van der Waals surface area contributed by atoms with Gasteiger partial charge in [0.05, 0.1) is 9.79 Å². The van der Waals surface area contributed by atoms with Gasteiger partial charge >= 0.3 is 0 Å². The second-order valence-electron chi connectivity index (χ2n) is 8.91. The Bertz CT molecular complexity index is 798. The molecule has 0 aliphatic heterocycles. The van der Waals surface area contributed by atoms with Crippen molar-refractivity contribution in [2.24, 2.45) is 0 Å². The average molecular weight is 507 g/mol.